The molecular formula is C14H17N3S. The molecule has 1 heterocycles. The molecule has 0 saturated carbocycles. The minimum Gasteiger partial charge on any atom is -0.226 e. The monoisotopic (exact) mass is 259 g/mol. The van der Waals surface area contributed by atoms with Crippen LogP contribution in [-0.4, -0.2) is 16.4 Å². The molecule has 2 aromatic rings. The topological polar surface area (TPSA) is 38.1 Å². The number of benzene rings is 1. The van der Waals surface area contributed by atoms with Crippen LogP contribution in [0.1, 0.15) is 30.0 Å². The summed E-state index contributed by atoms with van der Waals surface area (Å²) in [6, 6.07) is 8.25. The zero-order chi connectivity index (χ0) is 13.0. The fourth-order valence-electron chi connectivity index (χ4n) is 1.51. The van der Waals surface area contributed by atoms with E-state index in [0.717, 1.165) is 22.1 Å². The van der Waals surface area contributed by atoms with E-state index in [0.29, 0.717) is 5.92 Å². The Hall–Kier alpha value is -1.55. The van der Waals surface area contributed by atoms with E-state index in [1.54, 1.807) is 11.3 Å². The lowest BCUT2D eigenvalue weighted by molar-refractivity contribution is 0.640. The van der Waals surface area contributed by atoms with Gasteiger partial charge in [-0.1, -0.05) is 55.0 Å². The van der Waals surface area contributed by atoms with Crippen molar-refractivity contribution in [3.8, 4) is 0 Å². The minimum absolute atomic E-state index is 0.604. The summed E-state index contributed by atoms with van der Waals surface area (Å²) >= 11 is 1.56. The zero-order valence-corrected chi connectivity index (χ0v) is 11.7. The van der Waals surface area contributed by atoms with Gasteiger partial charge >= 0.3 is 0 Å². The average Bonchev–Trinajstić information content (AvgIpc) is 2.75. The van der Waals surface area contributed by atoms with Gasteiger partial charge in [-0.2, -0.15) is 0 Å². The molecule has 1 aromatic carbocycles. The Balaban J connectivity index is 2.04. The van der Waals surface area contributed by atoms with Gasteiger partial charge in [-0.05, 0) is 18.4 Å². The highest BCUT2D eigenvalue weighted by Gasteiger charge is 2.04. The first kappa shape index (κ1) is 12.9. The van der Waals surface area contributed by atoms with Crippen LogP contribution in [0.25, 0.3) is 0 Å². The third-order valence-electron chi connectivity index (χ3n) is 2.44. The lowest BCUT2D eigenvalue weighted by Gasteiger charge is -1.96. The molecule has 0 bridgehead atoms. The van der Waals surface area contributed by atoms with Gasteiger partial charge in [0, 0.05) is 12.6 Å². The number of nitrogens with zero attached hydrogens (tertiary/aromatic N) is 3. The fraction of sp³-hybridized carbons (Fsp3) is 0.357. The van der Waals surface area contributed by atoms with Gasteiger partial charge in [-0.25, -0.2) is 4.99 Å². The first-order chi connectivity index (χ1) is 8.63. The molecule has 2 rings (SSSR count). The number of aryl methyl sites for hydroxylation is 1. The minimum atomic E-state index is 0.604. The lowest BCUT2D eigenvalue weighted by Crippen LogP contribution is -1.92. The third-order valence-corrected chi connectivity index (χ3v) is 3.29. The van der Waals surface area contributed by atoms with Gasteiger partial charge < -0.3 is 0 Å². The maximum Gasteiger partial charge on any atom is 0.231 e. The Labute approximate surface area is 112 Å². The first-order valence-electron chi connectivity index (χ1n) is 6.06. The molecule has 3 nitrogen and oxygen atoms in total. The second-order valence-corrected chi connectivity index (χ2v) is 5.79. The summed E-state index contributed by atoms with van der Waals surface area (Å²) < 4.78 is 0. The highest BCUT2D eigenvalue weighted by Crippen LogP contribution is 2.20. The van der Waals surface area contributed by atoms with Gasteiger partial charge in [-0.3, -0.25) is 0 Å². The molecule has 0 unspecified atom stereocenters. The summed E-state index contributed by atoms with van der Waals surface area (Å²) in [6.07, 6.45) is 2.80. The van der Waals surface area contributed by atoms with Gasteiger partial charge in [0.15, 0.2) is 0 Å². The SMILES string of the molecule is Cc1ccc(C=Nc2nnc(CC(C)C)s2)cc1. The van der Waals surface area contributed by atoms with E-state index in [1.165, 1.54) is 5.56 Å². The van der Waals surface area contributed by atoms with Crippen molar-refractivity contribution < 1.29 is 0 Å². The van der Waals surface area contributed by atoms with E-state index in [1.807, 2.05) is 6.21 Å². The summed E-state index contributed by atoms with van der Waals surface area (Å²) in [4.78, 5) is 4.35. The van der Waals surface area contributed by atoms with Crippen molar-refractivity contribution >= 4 is 22.7 Å². The molecule has 0 fully saturated rings. The average molecular weight is 259 g/mol. The van der Waals surface area contributed by atoms with Gasteiger partial charge in [-0.15, -0.1) is 10.2 Å². The van der Waals surface area contributed by atoms with Crippen LogP contribution in [0.15, 0.2) is 29.3 Å². The number of aliphatic imine (C=N–C) groups is 1. The highest BCUT2D eigenvalue weighted by atomic mass is 32.1. The molecular weight excluding hydrogens is 242 g/mol. The normalized spacial score (nSPS) is 11.6. The van der Waals surface area contributed by atoms with Gasteiger partial charge in [0.2, 0.25) is 5.13 Å². The predicted molar refractivity (Wildman–Crippen MR) is 76.9 cm³/mol. The van der Waals surface area contributed by atoms with Crippen molar-refractivity contribution in [2.24, 2.45) is 10.9 Å². The standard InChI is InChI=1S/C14H17N3S/c1-10(2)8-13-16-17-14(18-13)15-9-12-6-4-11(3)5-7-12/h4-7,9-10H,8H2,1-3H3. The van der Waals surface area contributed by atoms with E-state index in [2.05, 4.69) is 60.2 Å². The van der Waals surface area contributed by atoms with Crippen LogP contribution in [0.2, 0.25) is 0 Å². The first-order valence-corrected chi connectivity index (χ1v) is 6.88. The van der Waals surface area contributed by atoms with Crippen LogP contribution in [0, 0.1) is 12.8 Å². The van der Waals surface area contributed by atoms with Crippen molar-refractivity contribution in [3.05, 3.63) is 40.4 Å². The molecule has 0 saturated heterocycles. The van der Waals surface area contributed by atoms with E-state index in [9.17, 15) is 0 Å². The summed E-state index contributed by atoms with van der Waals surface area (Å²) in [5.41, 5.74) is 2.34. The smallest absolute Gasteiger partial charge is 0.226 e. The van der Waals surface area contributed by atoms with Crippen LogP contribution in [-0.2, 0) is 6.42 Å². The summed E-state index contributed by atoms with van der Waals surface area (Å²) in [6.45, 7) is 6.43. The number of rotatable bonds is 4. The molecule has 0 spiro atoms. The molecule has 0 aliphatic rings. The third kappa shape index (κ3) is 3.74. The molecule has 1 aromatic heterocycles. The summed E-state index contributed by atoms with van der Waals surface area (Å²) in [5.74, 6) is 0.604. The molecule has 0 amide bonds. The molecule has 0 aliphatic carbocycles. The van der Waals surface area contributed by atoms with Crippen LogP contribution in [0.5, 0.6) is 0 Å². The second-order valence-electron chi connectivity index (χ2n) is 4.75. The Morgan fingerprint density at radius 1 is 1.22 bits per heavy atom. The Bertz CT molecular complexity index is 526. The number of aromatic nitrogens is 2. The maximum absolute atomic E-state index is 4.35. The zero-order valence-electron chi connectivity index (χ0n) is 10.9. The lowest BCUT2D eigenvalue weighted by atomic mass is 10.1. The van der Waals surface area contributed by atoms with Crippen LogP contribution >= 0.6 is 11.3 Å². The molecule has 18 heavy (non-hydrogen) atoms. The Kier molecular flexibility index (Phi) is 4.20. The highest BCUT2D eigenvalue weighted by molar-refractivity contribution is 7.14. The van der Waals surface area contributed by atoms with Crippen LogP contribution in [0.4, 0.5) is 5.13 Å². The summed E-state index contributed by atoms with van der Waals surface area (Å²) in [5, 5.41) is 9.99. The number of hydrogen-bond donors (Lipinski definition) is 0. The van der Waals surface area contributed by atoms with Crippen molar-refractivity contribution in [1.82, 2.24) is 10.2 Å². The Morgan fingerprint density at radius 2 is 1.94 bits per heavy atom. The molecule has 0 N–H and O–H groups in total. The van der Waals surface area contributed by atoms with E-state index in [4.69, 9.17) is 0 Å². The van der Waals surface area contributed by atoms with Crippen molar-refractivity contribution in [2.45, 2.75) is 27.2 Å². The second kappa shape index (κ2) is 5.87. The molecule has 0 radical (unpaired) electrons. The van der Waals surface area contributed by atoms with E-state index < -0.39 is 0 Å². The van der Waals surface area contributed by atoms with Crippen LogP contribution in [0.3, 0.4) is 0 Å². The fourth-order valence-corrected chi connectivity index (χ4v) is 2.41. The van der Waals surface area contributed by atoms with Gasteiger partial charge in [0.25, 0.3) is 0 Å². The van der Waals surface area contributed by atoms with E-state index in [-0.39, 0.29) is 0 Å². The van der Waals surface area contributed by atoms with Crippen molar-refractivity contribution in [2.75, 3.05) is 0 Å². The maximum atomic E-state index is 4.35. The predicted octanol–water partition coefficient (Wildman–Crippen LogP) is 3.80. The van der Waals surface area contributed by atoms with Crippen molar-refractivity contribution in [1.29, 1.82) is 0 Å². The molecule has 0 aliphatic heterocycles. The quantitative estimate of drug-likeness (QED) is 0.783. The largest absolute Gasteiger partial charge is 0.231 e. The molecule has 94 valence electrons. The van der Waals surface area contributed by atoms with Crippen molar-refractivity contribution in [3.63, 3.8) is 0 Å². The Morgan fingerprint density at radius 3 is 2.61 bits per heavy atom. The molecule has 0 atom stereocenters. The van der Waals surface area contributed by atoms with Gasteiger partial charge in [0.05, 0.1) is 0 Å². The van der Waals surface area contributed by atoms with E-state index >= 15 is 0 Å². The van der Waals surface area contributed by atoms with Crippen LogP contribution < -0.4 is 0 Å². The van der Waals surface area contributed by atoms with Gasteiger partial charge in [0.1, 0.15) is 5.01 Å². The number of hydrogen-bond acceptors (Lipinski definition) is 4. The summed E-state index contributed by atoms with van der Waals surface area (Å²) in [7, 11) is 0. The molecule has 4 heteroatoms.